The smallest absolute Gasteiger partial charge is 0.218 e. The van der Waals surface area contributed by atoms with E-state index < -0.39 is 0 Å². The summed E-state index contributed by atoms with van der Waals surface area (Å²) in [6, 6.07) is 4.62. The molecule has 0 spiro atoms. The molecule has 0 saturated heterocycles. The van der Waals surface area contributed by atoms with Crippen LogP contribution in [0, 0.1) is 0 Å². The molecule has 4 nitrogen and oxygen atoms in total. The highest BCUT2D eigenvalue weighted by molar-refractivity contribution is 5.25. The normalized spacial score (nSPS) is 23.0. The molecule has 1 aromatic rings. The molecule has 1 aliphatic rings. The van der Waals surface area contributed by atoms with Gasteiger partial charge in [-0.05, 0) is 45.6 Å². The predicted molar refractivity (Wildman–Crippen MR) is 79.9 cm³/mol. The molecule has 20 heavy (non-hydrogen) atoms. The third-order valence-electron chi connectivity index (χ3n) is 3.79. The van der Waals surface area contributed by atoms with E-state index >= 15 is 0 Å². The van der Waals surface area contributed by atoms with Crippen molar-refractivity contribution >= 4 is 0 Å². The first kappa shape index (κ1) is 15.3. The minimum absolute atomic E-state index is 0.154. The van der Waals surface area contributed by atoms with Crippen LogP contribution in [0.3, 0.4) is 0 Å². The molecule has 1 saturated carbocycles. The maximum atomic E-state index is 5.75. The molecule has 1 N–H and O–H groups in total. The SMILES string of the molecule is COC1CCC(NCc2cccnc2OC(C)C)CC1. The fourth-order valence-corrected chi connectivity index (χ4v) is 2.64. The fourth-order valence-electron chi connectivity index (χ4n) is 2.64. The van der Waals surface area contributed by atoms with Gasteiger partial charge in [0.15, 0.2) is 0 Å². The van der Waals surface area contributed by atoms with Crippen molar-refractivity contribution in [2.45, 2.75) is 64.3 Å². The number of ether oxygens (including phenoxy) is 2. The lowest BCUT2D eigenvalue weighted by Gasteiger charge is -2.28. The van der Waals surface area contributed by atoms with Crippen molar-refractivity contribution in [2.24, 2.45) is 0 Å². The van der Waals surface area contributed by atoms with E-state index in [0.717, 1.165) is 30.8 Å². The summed E-state index contributed by atoms with van der Waals surface area (Å²) in [6.45, 7) is 4.87. The maximum Gasteiger partial charge on any atom is 0.218 e. The number of hydrogen-bond acceptors (Lipinski definition) is 4. The first-order chi connectivity index (χ1) is 9.69. The zero-order valence-corrected chi connectivity index (χ0v) is 12.8. The van der Waals surface area contributed by atoms with E-state index in [1.165, 1.54) is 12.8 Å². The zero-order chi connectivity index (χ0) is 14.4. The van der Waals surface area contributed by atoms with Crippen LogP contribution in [0.5, 0.6) is 5.88 Å². The summed E-state index contributed by atoms with van der Waals surface area (Å²) >= 11 is 0. The fraction of sp³-hybridized carbons (Fsp3) is 0.688. The largest absolute Gasteiger partial charge is 0.475 e. The van der Waals surface area contributed by atoms with Gasteiger partial charge < -0.3 is 14.8 Å². The molecule has 1 fully saturated rings. The number of rotatable bonds is 6. The molecular weight excluding hydrogens is 252 g/mol. The number of nitrogens with one attached hydrogen (secondary N) is 1. The summed E-state index contributed by atoms with van der Waals surface area (Å²) in [4.78, 5) is 4.33. The second-order valence-electron chi connectivity index (χ2n) is 5.72. The summed E-state index contributed by atoms with van der Waals surface area (Å²) in [6.07, 6.45) is 7.04. The molecule has 2 rings (SSSR count). The Morgan fingerprint density at radius 3 is 2.70 bits per heavy atom. The van der Waals surface area contributed by atoms with E-state index in [4.69, 9.17) is 9.47 Å². The molecule has 0 atom stereocenters. The minimum Gasteiger partial charge on any atom is -0.475 e. The summed E-state index contributed by atoms with van der Waals surface area (Å²) in [5.74, 6) is 0.751. The Labute approximate surface area is 121 Å². The lowest BCUT2D eigenvalue weighted by atomic mass is 9.93. The standard InChI is InChI=1S/C16H26N2O2/c1-12(2)20-16-13(5-4-10-17-16)11-18-14-6-8-15(19-3)9-7-14/h4-5,10,12,14-15,18H,6-9,11H2,1-3H3. The Hall–Kier alpha value is -1.13. The molecule has 0 bridgehead atoms. The lowest BCUT2D eigenvalue weighted by molar-refractivity contribution is 0.0623. The average molecular weight is 278 g/mol. The average Bonchev–Trinajstić information content (AvgIpc) is 2.46. The van der Waals surface area contributed by atoms with Crippen molar-refractivity contribution in [2.75, 3.05) is 7.11 Å². The minimum atomic E-state index is 0.154. The molecule has 0 unspecified atom stereocenters. The van der Waals surface area contributed by atoms with Crippen LogP contribution in [-0.2, 0) is 11.3 Å². The van der Waals surface area contributed by atoms with Gasteiger partial charge in [0.2, 0.25) is 5.88 Å². The van der Waals surface area contributed by atoms with Gasteiger partial charge in [-0.3, -0.25) is 0 Å². The molecular formula is C16H26N2O2. The third-order valence-corrected chi connectivity index (χ3v) is 3.79. The maximum absolute atomic E-state index is 5.75. The molecule has 0 amide bonds. The van der Waals surface area contributed by atoms with Gasteiger partial charge >= 0.3 is 0 Å². The number of aromatic nitrogens is 1. The van der Waals surface area contributed by atoms with Crippen LogP contribution in [-0.4, -0.2) is 30.3 Å². The van der Waals surface area contributed by atoms with E-state index in [9.17, 15) is 0 Å². The van der Waals surface area contributed by atoms with Crippen molar-refractivity contribution in [3.63, 3.8) is 0 Å². The highest BCUT2D eigenvalue weighted by atomic mass is 16.5. The van der Waals surface area contributed by atoms with E-state index in [0.29, 0.717) is 12.1 Å². The Morgan fingerprint density at radius 1 is 1.30 bits per heavy atom. The third kappa shape index (κ3) is 4.46. The summed E-state index contributed by atoms with van der Waals surface area (Å²) in [5.41, 5.74) is 1.13. The van der Waals surface area contributed by atoms with Crippen molar-refractivity contribution in [1.29, 1.82) is 0 Å². The first-order valence-corrected chi connectivity index (χ1v) is 7.55. The van der Waals surface area contributed by atoms with Crippen LogP contribution in [0.1, 0.15) is 45.1 Å². The van der Waals surface area contributed by atoms with Gasteiger partial charge in [0.05, 0.1) is 12.2 Å². The van der Waals surface area contributed by atoms with Crippen LogP contribution in [0.25, 0.3) is 0 Å². The first-order valence-electron chi connectivity index (χ1n) is 7.55. The van der Waals surface area contributed by atoms with Crippen LogP contribution in [0.4, 0.5) is 0 Å². The van der Waals surface area contributed by atoms with Gasteiger partial charge in [0.25, 0.3) is 0 Å². The van der Waals surface area contributed by atoms with Crippen LogP contribution in [0.15, 0.2) is 18.3 Å². The quantitative estimate of drug-likeness (QED) is 0.869. The topological polar surface area (TPSA) is 43.4 Å². The lowest BCUT2D eigenvalue weighted by Crippen LogP contribution is -2.34. The van der Waals surface area contributed by atoms with E-state index in [2.05, 4.69) is 16.4 Å². The number of hydrogen-bond donors (Lipinski definition) is 1. The van der Waals surface area contributed by atoms with E-state index in [-0.39, 0.29) is 6.10 Å². The van der Waals surface area contributed by atoms with Gasteiger partial charge in [-0.25, -0.2) is 4.98 Å². The Bertz CT molecular complexity index is 401. The number of methoxy groups -OCH3 is 1. The monoisotopic (exact) mass is 278 g/mol. The zero-order valence-electron chi connectivity index (χ0n) is 12.8. The van der Waals surface area contributed by atoms with Gasteiger partial charge in [-0.2, -0.15) is 0 Å². The van der Waals surface area contributed by atoms with Gasteiger partial charge in [-0.15, -0.1) is 0 Å². The molecule has 1 heterocycles. The van der Waals surface area contributed by atoms with Crippen molar-refractivity contribution in [3.8, 4) is 5.88 Å². The summed E-state index contributed by atoms with van der Waals surface area (Å²) < 4.78 is 11.2. The molecule has 112 valence electrons. The number of nitrogens with zero attached hydrogens (tertiary/aromatic N) is 1. The Kier molecular flexibility index (Phi) is 5.80. The second-order valence-corrected chi connectivity index (χ2v) is 5.72. The Balaban J connectivity index is 1.85. The van der Waals surface area contributed by atoms with E-state index in [1.807, 2.05) is 27.0 Å². The Morgan fingerprint density at radius 2 is 2.05 bits per heavy atom. The molecule has 1 aromatic heterocycles. The van der Waals surface area contributed by atoms with Gasteiger partial charge in [0, 0.05) is 31.5 Å². The highest BCUT2D eigenvalue weighted by Crippen LogP contribution is 2.22. The summed E-state index contributed by atoms with van der Waals surface area (Å²) in [7, 11) is 1.81. The van der Waals surface area contributed by atoms with Crippen molar-refractivity contribution in [3.05, 3.63) is 23.9 Å². The molecule has 0 aliphatic heterocycles. The van der Waals surface area contributed by atoms with Crippen molar-refractivity contribution < 1.29 is 9.47 Å². The van der Waals surface area contributed by atoms with Gasteiger partial charge in [-0.1, -0.05) is 6.07 Å². The molecule has 0 radical (unpaired) electrons. The molecule has 0 aromatic carbocycles. The molecule has 1 aliphatic carbocycles. The van der Waals surface area contributed by atoms with Gasteiger partial charge in [0.1, 0.15) is 0 Å². The van der Waals surface area contributed by atoms with Crippen LogP contribution < -0.4 is 10.1 Å². The van der Waals surface area contributed by atoms with Crippen molar-refractivity contribution in [1.82, 2.24) is 10.3 Å². The van der Waals surface area contributed by atoms with Crippen LogP contribution >= 0.6 is 0 Å². The summed E-state index contributed by atoms with van der Waals surface area (Å²) in [5, 5.41) is 3.62. The molecule has 4 heteroatoms. The predicted octanol–water partition coefficient (Wildman–Crippen LogP) is 2.92. The van der Waals surface area contributed by atoms with Crippen LogP contribution in [0.2, 0.25) is 0 Å². The van der Waals surface area contributed by atoms with E-state index in [1.54, 1.807) is 6.20 Å². The second kappa shape index (κ2) is 7.60. The number of pyridine rings is 1. The highest BCUT2D eigenvalue weighted by Gasteiger charge is 2.20.